The molecule has 1 fully saturated rings. The van der Waals surface area contributed by atoms with Crippen molar-refractivity contribution in [2.45, 2.75) is 19.8 Å². The molecule has 1 saturated heterocycles. The maximum Gasteiger partial charge on any atom is 0.294 e. The molecule has 0 aliphatic carbocycles. The quantitative estimate of drug-likeness (QED) is 0.462. The molecule has 0 radical (unpaired) electrons. The molecule has 1 heterocycles. The minimum absolute atomic E-state index is 0.119. The molecular formula is C19H18ClN3O4. The van der Waals surface area contributed by atoms with Gasteiger partial charge in [0.1, 0.15) is 5.69 Å². The van der Waals surface area contributed by atoms with Gasteiger partial charge in [0.25, 0.3) is 5.69 Å². The summed E-state index contributed by atoms with van der Waals surface area (Å²) in [7, 11) is 0. The number of nitro groups is 1. The van der Waals surface area contributed by atoms with Gasteiger partial charge in [0.05, 0.1) is 10.6 Å². The van der Waals surface area contributed by atoms with Crippen molar-refractivity contribution in [3.63, 3.8) is 0 Å². The van der Waals surface area contributed by atoms with E-state index in [9.17, 15) is 19.7 Å². The van der Waals surface area contributed by atoms with Gasteiger partial charge in [0, 0.05) is 30.0 Å². The van der Waals surface area contributed by atoms with Crippen LogP contribution in [-0.2, 0) is 16.0 Å². The molecule has 3 rings (SSSR count). The van der Waals surface area contributed by atoms with Gasteiger partial charge in [-0.3, -0.25) is 24.6 Å². The van der Waals surface area contributed by atoms with Crippen molar-refractivity contribution in [1.29, 1.82) is 0 Å². The molecule has 0 aromatic heterocycles. The first-order chi connectivity index (χ1) is 12.9. The third-order valence-electron chi connectivity index (χ3n) is 4.45. The Kier molecular flexibility index (Phi) is 5.41. The van der Waals surface area contributed by atoms with Gasteiger partial charge in [-0.1, -0.05) is 30.7 Å². The van der Waals surface area contributed by atoms with Crippen molar-refractivity contribution < 1.29 is 14.5 Å². The van der Waals surface area contributed by atoms with Crippen molar-refractivity contribution in [3.8, 4) is 0 Å². The topological polar surface area (TPSA) is 92.6 Å². The summed E-state index contributed by atoms with van der Waals surface area (Å²) in [4.78, 5) is 36.1. The number of anilines is 2. The largest absolute Gasteiger partial charge is 0.379 e. The first kappa shape index (κ1) is 18.8. The minimum Gasteiger partial charge on any atom is -0.379 e. The van der Waals surface area contributed by atoms with E-state index in [0.717, 1.165) is 10.5 Å². The number of nitro benzene ring substituents is 1. The summed E-state index contributed by atoms with van der Waals surface area (Å²) in [5.41, 5.74) is 1.44. The Bertz CT molecular complexity index is 898. The highest BCUT2D eigenvalue weighted by Gasteiger charge is 2.37. The maximum absolute atomic E-state index is 12.1. The molecule has 1 atom stereocenters. The zero-order valence-electron chi connectivity index (χ0n) is 14.6. The maximum atomic E-state index is 12.1. The number of halogens is 1. The predicted octanol–water partition coefficient (Wildman–Crippen LogP) is 3.80. The van der Waals surface area contributed by atoms with E-state index >= 15 is 0 Å². The van der Waals surface area contributed by atoms with Gasteiger partial charge in [0.2, 0.25) is 11.8 Å². The molecule has 0 bridgehead atoms. The van der Waals surface area contributed by atoms with E-state index < -0.39 is 10.8 Å². The molecule has 1 unspecified atom stereocenters. The van der Waals surface area contributed by atoms with Gasteiger partial charge >= 0.3 is 0 Å². The van der Waals surface area contributed by atoms with Crippen LogP contribution in [0, 0.1) is 16.0 Å². The van der Waals surface area contributed by atoms with Crippen LogP contribution in [0.15, 0.2) is 42.5 Å². The lowest BCUT2D eigenvalue weighted by molar-refractivity contribution is -0.383. The van der Waals surface area contributed by atoms with E-state index in [4.69, 9.17) is 11.6 Å². The Morgan fingerprint density at radius 3 is 2.52 bits per heavy atom. The summed E-state index contributed by atoms with van der Waals surface area (Å²) in [6.45, 7) is 2.15. The first-order valence-corrected chi connectivity index (χ1v) is 8.88. The number of hydrogen-bond acceptors (Lipinski definition) is 5. The zero-order chi connectivity index (χ0) is 19.6. The van der Waals surface area contributed by atoms with Crippen LogP contribution in [-0.4, -0.2) is 23.3 Å². The van der Waals surface area contributed by atoms with Gasteiger partial charge in [-0.25, -0.2) is 0 Å². The third kappa shape index (κ3) is 4.09. The lowest BCUT2D eigenvalue weighted by Gasteiger charge is -2.15. The van der Waals surface area contributed by atoms with Crippen LogP contribution in [0.25, 0.3) is 0 Å². The fourth-order valence-electron chi connectivity index (χ4n) is 3.01. The van der Waals surface area contributed by atoms with Crippen LogP contribution >= 0.6 is 11.6 Å². The number of hydrogen-bond donors (Lipinski definition) is 1. The van der Waals surface area contributed by atoms with Crippen LogP contribution in [0.4, 0.5) is 17.1 Å². The number of nitrogens with one attached hydrogen (secondary N) is 1. The van der Waals surface area contributed by atoms with Crippen molar-refractivity contribution in [2.75, 3.05) is 16.8 Å². The first-order valence-electron chi connectivity index (χ1n) is 8.50. The second-order valence-corrected chi connectivity index (χ2v) is 6.87. The molecule has 0 saturated carbocycles. The number of nitrogens with zero attached hydrogens (tertiary/aromatic N) is 2. The molecule has 0 spiro atoms. The van der Waals surface area contributed by atoms with E-state index in [1.54, 1.807) is 25.1 Å². The molecule has 2 aromatic carbocycles. The summed E-state index contributed by atoms with van der Waals surface area (Å²) in [6, 6.07) is 11.7. The van der Waals surface area contributed by atoms with Crippen LogP contribution in [0.1, 0.15) is 18.9 Å². The molecule has 2 amide bonds. The zero-order valence-corrected chi connectivity index (χ0v) is 15.4. The summed E-state index contributed by atoms with van der Waals surface area (Å²) >= 11 is 5.85. The number of carbonyl (C=O) groups excluding carboxylic acids is 2. The molecule has 27 heavy (non-hydrogen) atoms. The number of imide groups is 1. The second kappa shape index (κ2) is 7.75. The van der Waals surface area contributed by atoms with Crippen molar-refractivity contribution in [3.05, 3.63) is 63.2 Å². The highest BCUT2D eigenvalue weighted by atomic mass is 35.5. The molecule has 7 nitrogen and oxygen atoms in total. The van der Waals surface area contributed by atoms with Crippen molar-refractivity contribution in [2.24, 2.45) is 5.92 Å². The number of rotatable bonds is 6. The molecule has 140 valence electrons. The minimum atomic E-state index is -0.525. The molecular weight excluding hydrogens is 370 g/mol. The summed E-state index contributed by atoms with van der Waals surface area (Å²) < 4.78 is 0. The smallest absolute Gasteiger partial charge is 0.294 e. The van der Waals surface area contributed by atoms with Crippen molar-refractivity contribution >= 4 is 40.5 Å². The molecule has 8 heteroatoms. The average Bonchev–Trinajstić information content (AvgIpc) is 2.89. The fourth-order valence-corrected chi connectivity index (χ4v) is 3.13. The van der Waals surface area contributed by atoms with Gasteiger partial charge in [-0.05, 0) is 36.2 Å². The van der Waals surface area contributed by atoms with E-state index in [0.29, 0.717) is 23.7 Å². The Hall–Kier alpha value is -2.93. The summed E-state index contributed by atoms with van der Waals surface area (Å²) in [5.74, 6) is -1.09. The Labute approximate surface area is 161 Å². The summed E-state index contributed by atoms with van der Waals surface area (Å²) in [6.07, 6.45) is 0.782. The average molecular weight is 388 g/mol. The summed E-state index contributed by atoms with van der Waals surface area (Å²) in [5, 5.41) is 15.1. The Morgan fingerprint density at radius 1 is 1.22 bits per heavy atom. The molecule has 1 aliphatic heterocycles. The molecule has 2 aromatic rings. The molecule has 1 N–H and O–H groups in total. The second-order valence-electron chi connectivity index (χ2n) is 6.43. The van der Waals surface area contributed by atoms with Gasteiger partial charge < -0.3 is 5.32 Å². The lowest BCUT2D eigenvalue weighted by Crippen LogP contribution is -2.30. The van der Waals surface area contributed by atoms with Crippen molar-refractivity contribution in [1.82, 2.24) is 0 Å². The van der Waals surface area contributed by atoms with E-state index in [-0.39, 0.29) is 29.6 Å². The standard InChI is InChI=1S/C19H18ClN3O4/c1-12-10-18(24)22(19(12)25)15-6-7-16(17(11-15)23(26)27)21-9-8-13-2-4-14(20)5-3-13/h2-7,11-12,21H,8-10H2,1H3. The monoisotopic (exact) mass is 387 g/mol. The lowest BCUT2D eigenvalue weighted by atomic mass is 10.1. The number of amides is 2. The van der Waals surface area contributed by atoms with Crippen LogP contribution in [0.3, 0.4) is 0 Å². The van der Waals surface area contributed by atoms with E-state index in [1.807, 2.05) is 12.1 Å². The Balaban J connectivity index is 1.76. The van der Waals surface area contributed by atoms with E-state index in [2.05, 4.69) is 5.32 Å². The van der Waals surface area contributed by atoms with E-state index in [1.165, 1.54) is 12.1 Å². The van der Waals surface area contributed by atoms with Gasteiger partial charge in [-0.15, -0.1) is 0 Å². The normalized spacial score (nSPS) is 16.7. The number of carbonyl (C=O) groups is 2. The predicted molar refractivity (Wildman–Crippen MR) is 103 cm³/mol. The number of benzene rings is 2. The highest BCUT2D eigenvalue weighted by molar-refractivity contribution is 6.30. The molecule has 1 aliphatic rings. The van der Waals surface area contributed by atoms with Crippen LogP contribution in [0.2, 0.25) is 5.02 Å². The Morgan fingerprint density at radius 2 is 1.93 bits per heavy atom. The van der Waals surface area contributed by atoms with Gasteiger partial charge in [0.15, 0.2) is 0 Å². The van der Waals surface area contributed by atoms with Crippen LogP contribution in [0.5, 0.6) is 0 Å². The SMILES string of the molecule is CC1CC(=O)N(c2ccc(NCCc3ccc(Cl)cc3)c([N+](=O)[O-])c2)C1=O. The van der Waals surface area contributed by atoms with Crippen LogP contribution < -0.4 is 10.2 Å². The highest BCUT2D eigenvalue weighted by Crippen LogP contribution is 2.33. The van der Waals surface area contributed by atoms with Gasteiger partial charge in [-0.2, -0.15) is 0 Å². The fraction of sp³-hybridized carbons (Fsp3) is 0.263. The third-order valence-corrected chi connectivity index (χ3v) is 4.70.